The topological polar surface area (TPSA) is 60.5 Å². The highest BCUT2D eigenvalue weighted by Gasteiger charge is 2.15. The first-order valence-corrected chi connectivity index (χ1v) is 10.9. The van der Waals surface area contributed by atoms with Crippen LogP contribution in [0.4, 0.5) is 22.0 Å². The molecule has 2 aliphatic heterocycles. The van der Waals surface area contributed by atoms with Crippen LogP contribution < -0.4 is 20.4 Å². The van der Waals surface area contributed by atoms with Crippen LogP contribution in [0.25, 0.3) is 0 Å². The van der Waals surface area contributed by atoms with Gasteiger partial charge in [0.25, 0.3) is 0 Å². The van der Waals surface area contributed by atoms with Crippen molar-refractivity contribution < 1.29 is 4.79 Å². The van der Waals surface area contributed by atoms with Crippen LogP contribution in [-0.2, 0) is 6.54 Å². The zero-order chi connectivity index (χ0) is 20.1. The van der Waals surface area contributed by atoms with Gasteiger partial charge in [0.2, 0.25) is 0 Å². The highest BCUT2D eigenvalue weighted by molar-refractivity contribution is 6.33. The first-order valence-electron chi connectivity index (χ1n) is 10.5. The Kier molecular flexibility index (Phi) is 6.39. The molecule has 1 aromatic carbocycles. The maximum absolute atomic E-state index is 12.3. The number of pyridine rings is 1. The molecule has 0 aliphatic carbocycles. The van der Waals surface area contributed by atoms with Crippen LogP contribution in [0.3, 0.4) is 0 Å². The summed E-state index contributed by atoms with van der Waals surface area (Å²) >= 11 is 6.47. The van der Waals surface area contributed by atoms with E-state index in [9.17, 15) is 4.79 Å². The average Bonchev–Trinajstić information content (AvgIpc) is 3.28. The zero-order valence-electron chi connectivity index (χ0n) is 16.7. The second kappa shape index (κ2) is 9.35. The van der Waals surface area contributed by atoms with E-state index >= 15 is 0 Å². The van der Waals surface area contributed by atoms with Gasteiger partial charge in [0, 0.05) is 44.6 Å². The standard InChI is InChI=1S/C22H28ClN5O/c23-19-15-18(6-7-20(19)27-10-2-1-3-11-27)26-22(29)25-16-17-8-9-24-21(14-17)28-12-4-5-13-28/h6-9,14-15H,1-5,10-13,16H2,(H2,25,26,29). The van der Waals surface area contributed by atoms with E-state index in [1.807, 2.05) is 30.5 Å². The van der Waals surface area contributed by atoms with Gasteiger partial charge in [-0.15, -0.1) is 0 Å². The minimum absolute atomic E-state index is 0.244. The minimum atomic E-state index is -0.244. The van der Waals surface area contributed by atoms with Crippen molar-refractivity contribution in [3.05, 3.63) is 47.1 Å². The van der Waals surface area contributed by atoms with Gasteiger partial charge in [0.05, 0.1) is 10.7 Å². The van der Waals surface area contributed by atoms with Crippen molar-refractivity contribution in [3.8, 4) is 0 Å². The molecule has 0 unspecified atom stereocenters. The third-order valence-corrected chi connectivity index (χ3v) is 5.90. The quantitative estimate of drug-likeness (QED) is 0.749. The zero-order valence-corrected chi connectivity index (χ0v) is 17.4. The van der Waals surface area contributed by atoms with Crippen LogP contribution in [0.1, 0.15) is 37.7 Å². The number of hydrogen-bond donors (Lipinski definition) is 2. The van der Waals surface area contributed by atoms with Crippen LogP contribution in [-0.4, -0.2) is 37.2 Å². The van der Waals surface area contributed by atoms with Gasteiger partial charge in [-0.2, -0.15) is 0 Å². The molecule has 154 valence electrons. The molecule has 29 heavy (non-hydrogen) atoms. The van der Waals surface area contributed by atoms with Crippen LogP contribution in [0, 0.1) is 0 Å². The molecule has 0 spiro atoms. The molecule has 2 fully saturated rings. The van der Waals surface area contributed by atoms with Crippen molar-refractivity contribution in [2.24, 2.45) is 0 Å². The molecule has 1 aromatic heterocycles. The summed E-state index contributed by atoms with van der Waals surface area (Å²) < 4.78 is 0. The Bertz CT molecular complexity index is 847. The Balaban J connectivity index is 1.31. The number of carbonyl (C=O) groups is 1. The molecule has 2 amide bonds. The molecule has 7 heteroatoms. The first-order chi connectivity index (χ1) is 14.2. The van der Waals surface area contributed by atoms with Crippen LogP contribution >= 0.6 is 11.6 Å². The lowest BCUT2D eigenvalue weighted by molar-refractivity contribution is 0.251. The van der Waals surface area contributed by atoms with Crippen molar-refractivity contribution in [2.45, 2.75) is 38.6 Å². The molecule has 3 heterocycles. The molecule has 0 atom stereocenters. The highest BCUT2D eigenvalue weighted by Crippen LogP contribution is 2.30. The smallest absolute Gasteiger partial charge is 0.319 e. The van der Waals surface area contributed by atoms with Gasteiger partial charge >= 0.3 is 6.03 Å². The molecular formula is C22H28ClN5O. The Morgan fingerprint density at radius 2 is 1.69 bits per heavy atom. The molecule has 2 aromatic rings. The SMILES string of the molecule is O=C(NCc1ccnc(N2CCCC2)c1)Nc1ccc(N2CCCCC2)c(Cl)c1. The van der Waals surface area contributed by atoms with E-state index in [0.29, 0.717) is 17.3 Å². The van der Waals surface area contributed by atoms with Crippen molar-refractivity contribution in [1.82, 2.24) is 10.3 Å². The van der Waals surface area contributed by atoms with Crippen LogP contribution in [0.15, 0.2) is 36.5 Å². The fourth-order valence-electron chi connectivity index (χ4n) is 4.02. The van der Waals surface area contributed by atoms with Gasteiger partial charge in [0.1, 0.15) is 5.82 Å². The molecule has 2 saturated heterocycles. The predicted octanol–water partition coefficient (Wildman–Crippen LogP) is 4.65. The van der Waals surface area contributed by atoms with E-state index in [1.54, 1.807) is 0 Å². The van der Waals surface area contributed by atoms with Crippen LogP contribution in [0.2, 0.25) is 5.02 Å². The Labute approximate surface area is 177 Å². The molecule has 0 bridgehead atoms. The summed E-state index contributed by atoms with van der Waals surface area (Å²) in [6.07, 6.45) is 7.92. The second-order valence-corrected chi connectivity index (χ2v) is 8.15. The summed E-state index contributed by atoms with van der Waals surface area (Å²) in [5.41, 5.74) is 2.78. The van der Waals surface area contributed by atoms with E-state index < -0.39 is 0 Å². The van der Waals surface area contributed by atoms with Crippen molar-refractivity contribution in [3.63, 3.8) is 0 Å². The Morgan fingerprint density at radius 1 is 0.966 bits per heavy atom. The maximum Gasteiger partial charge on any atom is 0.319 e. The summed E-state index contributed by atoms with van der Waals surface area (Å²) in [5.74, 6) is 0.988. The summed E-state index contributed by atoms with van der Waals surface area (Å²) in [7, 11) is 0. The number of hydrogen-bond acceptors (Lipinski definition) is 4. The van der Waals surface area contributed by atoms with E-state index in [2.05, 4.69) is 31.5 Å². The number of benzene rings is 1. The van der Waals surface area contributed by atoms with Gasteiger partial charge in [-0.1, -0.05) is 11.6 Å². The van der Waals surface area contributed by atoms with Gasteiger partial charge in [-0.05, 0) is 68.0 Å². The maximum atomic E-state index is 12.3. The van der Waals surface area contributed by atoms with E-state index in [-0.39, 0.29) is 6.03 Å². The van der Waals surface area contributed by atoms with E-state index in [4.69, 9.17) is 11.6 Å². The number of rotatable bonds is 5. The Hall–Kier alpha value is -2.47. The molecule has 0 radical (unpaired) electrons. The lowest BCUT2D eigenvalue weighted by Gasteiger charge is -2.29. The van der Waals surface area contributed by atoms with E-state index in [0.717, 1.165) is 43.2 Å². The van der Waals surface area contributed by atoms with Crippen molar-refractivity contribution in [1.29, 1.82) is 0 Å². The number of piperidine rings is 1. The number of urea groups is 1. The summed E-state index contributed by atoms with van der Waals surface area (Å²) in [6, 6.07) is 9.47. The monoisotopic (exact) mass is 413 g/mol. The number of aromatic nitrogens is 1. The summed E-state index contributed by atoms with van der Waals surface area (Å²) in [5, 5.41) is 6.46. The lowest BCUT2D eigenvalue weighted by Crippen LogP contribution is -2.30. The molecule has 4 rings (SSSR count). The third kappa shape index (κ3) is 5.12. The lowest BCUT2D eigenvalue weighted by atomic mass is 10.1. The molecular weight excluding hydrogens is 386 g/mol. The molecule has 6 nitrogen and oxygen atoms in total. The van der Waals surface area contributed by atoms with Gasteiger partial charge in [0.15, 0.2) is 0 Å². The fraction of sp³-hybridized carbons (Fsp3) is 0.455. The average molecular weight is 414 g/mol. The molecule has 0 saturated carbocycles. The molecule has 2 aliphatic rings. The number of carbonyl (C=O) groups excluding carboxylic acids is 1. The van der Waals surface area contributed by atoms with Crippen LogP contribution in [0.5, 0.6) is 0 Å². The highest BCUT2D eigenvalue weighted by atomic mass is 35.5. The second-order valence-electron chi connectivity index (χ2n) is 7.74. The summed E-state index contributed by atoms with van der Waals surface area (Å²) in [4.78, 5) is 21.4. The van der Waals surface area contributed by atoms with Crippen molar-refractivity contribution >= 4 is 34.8 Å². The Morgan fingerprint density at radius 3 is 2.45 bits per heavy atom. The predicted molar refractivity (Wildman–Crippen MR) is 119 cm³/mol. The number of amides is 2. The largest absolute Gasteiger partial charge is 0.370 e. The molecule has 2 N–H and O–H groups in total. The fourth-order valence-corrected chi connectivity index (χ4v) is 4.32. The van der Waals surface area contributed by atoms with Gasteiger partial charge in [-0.25, -0.2) is 9.78 Å². The van der Waals surface area contributed by atoms with Gasteiger partial charge in [-0.3, -0.25) is 0 Å². The van der Waals surface area contributed by atoms with Crippen molar-refractivity contribution in [2.75, 3.05) is 41.3 Å². The summed E-state index contributed by atoms with van der Waals surface area (Å²) in [6.45, 7) is 4.64. The number of halogens is 1. The normalized spacial score (nSPS) is 16.7. The first kappa shape index (κ1) is 19.8. The number of nitrogens with one attached hydrogen (secondary N) is 2. The number of anilines is 3. The van der Waals surface area contributed by atoms with E-state index in [1.165, 1.54) is 32.1 Å². The van der Waals surface area contributed by atoms with Gasteiger partial charge < -0.3 is 20.4 Å². The third-order valence-electron chi connectivity index (χ3n) is 5.60. The minimum Gasteiger partial charge on any atom is -0.370 e. The number of nitrogens with zero attached hydrogens (tertiary/aromatic N) is 3.